The maximum absolute atomic E-state index is 12.1. The minimum absolute atomic E-state index is 0.0510. The third-order valence-corrected chi connectivity index (χ3v) is 3.38. The Morgan fingerprint density at radius 3 is 2.33 bits per heavy atom. The quantitative estimate of drug-likeness (QED) is 0.569. The molecule has 2 aromatic rings. The normalized spacial score (nSPS) is 11.1. The summed E-state index contributed by atoms with van der Waals surface area (Å²) in [7, 11) is 0. The van der Waals surface area contributed by atoms with E-state index < -0.39 is 5.41 Å². The van der Waals surface area contributed by atoms with Gasteiger partial charge in [-0.1, -0.05) is 20.8 Å². The van der Waals surface area contributed by atoms with Crippen molar-refractivity contribution < 1.29 is 14.0 Å². The third kappa shape index (κ3) is 4.76. The Morgan fingerprint density at radius 1 is 1.17 bits per heavy atom. The smallest absolute Gasteiger partial charge is 0.284 e. The maximum Gasteiger partial charge on any atom is 0.284 e. The zero-order valence-electron chi connectivity index (χ0n) is 13.8. The zero-order valence-corrected chi connectivity index (χ0v) is 14.6. The minimum Gasteiger partial charge on any atom is -0.409 e. The van der Waals surface area contributed by atoms with Crippen molar-refractivity contribution in [1.29, 1.82) is 0 Å². The summed E-state index contributed by atoms with van der Waals surface area (Å²) in [6.45, 7) is 6.25. The highest BCUT2D eigenvalue weighted by molar-refractivity contribution is 7.71. The van der Waals surface area contributed by atoms with Crippen LogP contribution in [0.1, 0.15) is 31.1 Å². The number of hydrogen-bond acceptors (Lipinski definition) is 5. The molecule has 1 heterocycles. The molecule has 0 atom stereocenters. The molecule has 0 fully saturated rings. The summed E-state index contributed by atoms with van der Waals surface area (Å²) in [4.78, 5) is 24.0. The molecule has 8 heteroatoms. The van der Waals surface area contributed by atoms with Gasteiger partial charge in [-0.3, -0.25) is 9.59 Å². The maximum atomic E-state index is 12.1. The molecule has 0 spiro atoms. The van der Waals surface area contributed by atoms with Crippen molar-refractivity contribution in [1.82, 2.24) is 20.8 Å². The summed E-state index contributed by atoms with van der Waals surface area (Å²) in [5, 5.41) is 12.0. The van der Waals surface area contributed by atoms with E-state index in [9.17, 15) is 9.59 Å². The average Bonchev–Trinajstić information content (AvgIpc) is 2.97. The number of rotatable bonds is 5. The van der Waals surface area contributed by atoms with Crippen LogP contribution in [0.25, 0.3) is 11.5 Å². The van der Waals surface area contributed by atoms with Crippen LogP contribution in [-0.2, 0) is 4.79 Å². The monoisotopic (exact) mass is 348 g/mol. The largest absolute Gasteiger partial charge is 0.409 e. The molecule has 0 saturated heterocycles. The summed E-state index contributed by atoms with van der Waals surface area (Å²) in [5.74, 6) is 0.108. The van der Waals surface area contributed by atoms with Gasteiger partial charge in [0.15, 0.2) is 0 Å². The molecule has 0 aliphatic carbocycles. The van der Waals surface area contributed by atoms with Crippen molar-refractivity contribution in [3.8, 4) is 11.5 Å². The van der Waals surface area contributed by atoms with E-state index in [0.29, 0.717) is 24.5 Å². The number of nitrogens with zero attached hydrogens (tertiary/aromatic N) is 1. The van der Waals surface area contributed by atoms with E-state index in [1.54, 1.807) is 24.3 Å². The number of carbonyl (C=O) groups excluding carboxylic acids is 2. The predicted molar refractivity (Wildman–Crippen MR) is 91.9 cm³/mol. The molecule has 0 saturated carbocycles. The van der Waals surface area contributed by atoms with Crippen LogP contribution in [-0.4, -0.2) is 35.1 Å². The fourth-order valence-electron chi connectivity index (χ4n) is 1.84. The lowest BCUT2D eigenvalue weighted by Crippen LogP contribution is -2.39. The van der Waals surface area contributed by atoms with Crippen molar-refractivity contribution in [3.05, 3.63) is 34.7 Å². The molecular formula is C16H20N4O3S. The van der Waals surface area contributed by atoms with E-state index in [4.69, 9.17) is 16.6 Å². The number of aromatic nitrogens is 2. The molecule has 1 aromatic heterocycles. The van der Waals surface area contributed by atoms with Crippen LogP contribution in [0.3, 0.4) is 0 Å². The average molecular weight is 348 g/mol. The van der Waals surface area contributed by atoms with Gasteiger partial charge in [0, 0.05) is 29.6 Å². The SMILES string of the molecule is CC(C)(C)C(=O)NCCNC(=O)c1ccc(-c2n[nH]c(=S)o2)cc1. The molecule has 7 nitrogen and oxygen atoms in total. The zero-order chi connectivity index (χ0) is 17.7. The van der Waals surface area contributed by atoms with Crippen LogP contribution >= 0.6 is 12.2 Å². The third-order valence-electron chi connectivity index (χ3n) is 3.21. The number of hydrogen-bond donors (Lipinski definition) is 3. The Labute approximate surface area is 144 Å². The first-order valence-corrected chi connectivity index (χ1v) is 7.90. The summed E-state index contributed by atoms with van der Waals surface area (Å²) < 4.78 is 5.21. The highest BCUT2D eigenvalue weighted by Crippen LogP contribution is 2.17. The van der Waals surface area contributed by atoms with Gasteiger partial charge < -0.3 is 15.1 Å². The van der Waals surface area contributed by atoms with E-state index in [-0.39, 0.29) is 16.7 Å². The number of nitrogens with one attached hydrogen (secondary N) is 3. The Balaban J connectivity index is 1.85. The van der Waals surface area contributed by atoms with Crippen LogP contribution in [0.4, 0.5) is 0 Å². The molecule has 2 amide bonds. The van der Waals surface area contributed by atoms with E-state index in [1.807, 2.05) is 20.8 Å². The lowest BCUT2D eigenvalue weighted by atomic mass is 9.96. The van der Waals surface area contributed by atoms with E-state index >= 15 is 0 Å². The number of amides is 2. The lowest BCUT2D eigenvalue weighted by molar-refractivity contribution is -0.128. The molecule has 2 rings (SSSR count). The van der Waals surface area contributed by atoms with Gasteiger partial charge in [-0.2, -0.15) is 0 Å². The Bertz CT molecular complexity index is 772. The van der Waals surface area contributed by atoms with Crippen molar-refractivity contribution in [2.24, 2.45) is 5.41 Å². The van der Waals surface area contributed by atoms with Gasteiger partial charge >= 0.3 is 0 Å². The molecule has 0 unspecified atom stereocenters. The predicted octanol–water partition coefficient (Wildman–Crippen LogP) is 2.29. The van der Waals surface area contributed by atoms with E-state index in [0.717, 1.165) is 5.56 Å². The van der Waals surface area contributed by atoms with Gasteiger partial charge in [-0.05, 0) is 36.5 Å². The fourth-order valence-corrected chi connectivity index (χ4v) is 1.96. The molecule has 128 valence electrons. The van der Waals surface area contributed by atoms with Gasteiger partial charge in [-0.25, -0.2) is 5.10 Å². The molecular weight excluding hydrogens is 328 g/mol. The number of benzene rings is 1. The van der Waals surface area contributed by atoms with Gasteiger partial charge in [-0.15, -0.1) is 5.10 Å². The fraction of sp³-hybridized carbons (Fsp3) is 0.375. The number of H-pyrrole nitrogens is 1. The highest BCUT2D eigenvalue weighted by atomic mass is 32.1. The van der Waals surface area contributed by atoms with Gasteiger partial charge in [0.2, 0.25) is 11.8 Å². The highest BCUT2D eigenvalue weighted by Gasteiger charge is 2.20. The van der Waals surface area contributed by atoms with Crippen LogP contribution in [0.2, 0.25) is 0 Å². The molecule has 0 radical (unpaired) electrons. The van der Waals surface area contributed by atoms with Crippen LogP contribution in [0.5, 0.6) is 0 Å². The first-order valence-electron chi connectivity index (χ1n) is 7.50. The molecule has 1 aromatic carbocycles. The first-order chi connectivity index (χ1) is 11.3. The molecule has 3 N–H and O–H groups in total. The second kappa shape index (κ2) is 7.39. The van der Waals surface area contributed by atoms with Crippen LogP contribution in [0.15, 0.2) is 28.7 Å². The molecule has 0 aliphatic heterocycles. The van der Waals surface area contributed by atoms with E-state index in [2.05, 4.69) is 20.8 Å². The van der Waals surface area contributed by atoms with Crippen molar-refractivity contribution >= 4 is 24.0 Å². The Kier molecular flexibility index (Phi) is 5.50. The lowest BCUT2D eigenvalue weighted by Gasteiger charge is -2.17. The molecule has 0 bridgehead atoms. The van der Waals surface area contributed by atoms with Crippen molar-refractivity contribution in [2.45, 2.75) is 20.8 Å². The number of aromatic amines is 1. The standard InChI is InChI=1S/C16H20N4O3S/c1-16(2,3)14(22)18-9-8-17-12(21)10-4-6-11(7-5-10)13-19-20-15(24)23-13/h4-7H,8-9H2,1-3H3,(H,17,21)(H,18,22)(H,20,24). The second-order valence-electron chi connectivity index (χ2n) is 6.26. The van der Waals surface area contributed by atoms with Crippen LogP contribution < -0.4 is 10.6 Å². The van der Waals surface area contributed by atoms with Crippen molar-refractivity contribution in [3.63, 3.8) is 0 Å². The van der Waals surface area contributed by atoms with Gasteiger partial charge in [0.25, 0.3) is 10.7 Å². The molecule has 24 heavy (non-hydrogen) atoms. The minimum atomic E-state index is -0.442. The summed E-state index contributed by atoms with van der Waals surface area (Å²) in [6.07, 6.45) is 0. The summed E-state index contributed by atoms with van der Waals surface area (Å²) in [6, 6.07) is 6.80. The summed E-state index contributed by atoms with van der Waals surface area (Å²) >= 11 is 4.82. The van der Waals surface area contributed by atoms with Gasteiger partial charge in [0.1, 0.15) is 0 Å². The number of carbonyl (C=O) groups is 2. The van der Waals surface area contributed by atoms with Gasteiger partial charge in [0.05, 0.1) is 0 Å². The molecule has 0 aliphatic rings. The van der Waals surface area contributed by atoms with Crippen LogP contribution in [0, 0.1) is 10.3 Å². The van der Waals surface area contributed by atoms with E-state index in [1.165, 1.54) is 0 Å². The van der Waals surface area contributed by atoms with Crippen molar-refractivity contribution in [2.75, 3.05) is 13.1 Å². The second-order valence-corrected chi connectivity index (χ2v) is 6.63. The first kappa shape index (κ1) is 17.9. The Hall–Kier alpha value is -2.48. The summed E-state index contributed by atoms with van der Waals surface area (Å²) in [5.41, 5.74) is 0.786. The Morgan fingerprint density at radius 2 is 1.79 bits per heavy atom. The topological polar surface area (TPSA) is 100 Å².